The summed E-state index contributed by atoms with van der Waals surface area (Å²) in [6.07, 6.45) is 6.90. The fraction of sp³-hybridized carbons (Fsp3) is 1.00. The van der Waals surface area contributed by atoms with E-state index in [9.17, 15) is 0 Å². The van der Waals surface area contributed by atoms with E-state index in [1.165, 1.54) is 45.2 Å². The van der Waals surface area contributed by atoms with Crippen molar-refractivity contribution < 1.29 is 0 Å². The Morgan fingerprint density at radius 3 is 1.87 bits per heavy atom. The van der Waals surface area contributed by atoms with Gasteiger partial charge in [-0.25, -0.2) is 0 Å². The molecule has 15 heavy (non-hydrogen) atoms. The number of hydrogen-bond donors (Lipinski definition) is 0. The van der Waals surface area contributed by atoms with E-state index >= 15 is 0 Å². The largest absolute Gasteiger partial charge is 0.300 e. The van der Waals surface area contributed by atoms with Crippen LogP contribution in [-0.2, 0) is 0 Å². The number of piperidine rings is 1. The maximum Gasteiger partial charge on any atom is 0.00952 e. The van der Waals surface area contributed by atoms with Gasteiger partial charge < -0.3 is 0 Å². The monoisotopic (exact) mass is 211 g/mol. The SMILES string of the molecule is CCCC(CCC)N1CC(C)CC(C)C1. The van der Waals surface area contributed by atoms with Crippen LogP contribution in [0.2, 0.25) is 0 Å². The molecule has 0 amide bonds. The van der Waals surface area contributed by atoms with Crippen molar-refractivity contribution in [2.75, 3.05) is 13.1 Å². The molecule has 0 radical (unpaired) electrons. The highest BCUT2D eigenvalue weighted by Crippen LogP contribution is 2.25. The molecule has 0 bridgehead atoms. The zero-order chi connectivity index (χ0) is 11.3. The second kappa shape index (κ2) is 6.52. The predicted octanol–water partition coefficient (Wildman–Crippen LogP) is 3.93. The van der Waals surface area contributed by atoms with Gasteiger partial charge in [0.15, 0.2) is 0 Å². The van der Waals surface area contributed by atoms with Crippen LogP contribution in [0.25, 0.3) is 0 Å². The summed E-state index contributed by atoms with van der Waals surface area (Å²) in [5.41, 5.74) is 0. The quantitative estimate of drug-likeness (QED) is 0.666. The summed E-state index contributed by atoms with van der Waals surface area (Å²) in [6.45, 7) is 12.2. The normalized spacial score (nSPS) is 28.6. The first-order chi connectivity index (χ1) is 7.17. The summed E-state index contributed by atoms with van der Waals surface area (Å²) in [5, 5.41) is 0. The van der Waals surface area contributed by atoms with Crippen molar-refractivity contribution in [2.24, 2.45) is 11.8 Å². The van der Waals surface area contributed by atoms with Gasteiger partial charge in [-0.1, -0.05) is 40.5 Å². The Morgan fingerprint density at radius 1 is 1.00 bits per heavy atom. The van der Waals surface area contributed by atoms with Gasteiger partial charge in [-0.15, -0.1) is 0 Å². The van der Waals surface area contributed by atoms with E-state index in [-0.39, 0.29) is 0 Å². The maximum atomic E-state index is 2.77. The first-order valence-corrected chi connectivity index (χ1v) is 6.91. The molecule has 0 aromatic heterocycles. The highest BCUT2D eigenvalue weighted by atomic mass is 15.2. The summed E-state index contributed by atoms with van der Waals surface area (Å²) < 4.78 is 0. The lowest BCUT2D eigenvalue weighted by Gasteiger charge is -2.40. The molecular formula is C14H29N. The van der Waals surface area contributed by atoms with E-state index in [0.29, 0.717) is 0 Å². The van der Waals surface area contributed by atoms with Crippen LogP contribution in [0.4, 0.5) is 0 Å². The lowest BCUT2D eigenvalue weighted by molar-refractivity contribution is 0.0854. The third-order valence-electron chi connectivity index (χ3n) is 3.66. The van der Waals surface area contributed by atoms with Crippen molar-refractivity contribution in [2.45, 2.75) is 65.8 Å². The van der Waals surface area contributed by atoms with Crippen molar-refractivity contribution in [1.82, 2.24) is 4.90 Å². The molecule has 0 aromatic rings. The Bertz CT molecular complexity index is 151. The van der Waals surface area contributed by atoms with Crippen LogP contribution in [-0.4, -0.2) is 24.0 Å². The second-order valence-electron chi connectivity index (χ2n) is 5.63. The van der Waals surface area contributed by atoms with Crippen LogP contribution >= 0.6 is 0 Å². The number of hydrogen-bond acceptors (Lipinski definition) is 1. The minimum Gasteiger partial charge on any atom is -0.300 e. The van der Waals surface area contributed by atoms with Gasteiger partial charge in [0.1, 0.15) is 0 Å². The predicted molar refractivity (Wildman–Crippen MR) is 68.1 cm³/mol. The summed E-state index contributed by atoms with van der Waals surface area (Å²) in [4.78, 5) is 2.77. The molecule has 1 saturated heterocycles. The summed E-state index contributed by atoms with van der Waals surface area (Å²) in [5.74, 6) is 1.81. The van der Waals surface area contributed by atoms with Crippen LogP contribution < -0.4 is 0 Å². The van der Waals surface area contributed by atoms with Gasteiger partial charge in [0.25, 0.3) is 0 Å². The maximum absolute atomic E-state index is 2.77. The minimum atomic E-state index is 0.866. The molecule has 0 aromatic carbocycles. The molecule has 1 nitrogen and oxygen atoms in total. The van der Waals surface area contributed by atoms with Crippen molar-refractivity contribution in [3.05, 3.63) is 0 Å². The highest BCUT2D eigenvalue weighted by Gasteiger charge is 2.26. The molecule has 1 heterocycles. The molecule has 1 aliphatic heterocycles. The van der Waals surface area contributed by atoms with Crippen molar-refractivity contribution in [3.8, 4) is 0 Å². The van der Waals surface area contributed by atoms with Gasteiger partial charge in [-0.2, -0.15) is 0 Å². The summed E-state index contributed by atoms with van der Waals surface area (Å²) >= 11 is 0. The van der Waals surface area contributed by atoms with Crippen molar-refractivity contribution >= 4 is 0 Å². The molecule has 2 unspecified atom stereocenters. The Balaban J connectivity index is 2.49. The van der Waals surface area contributed by atoms with Crippen molar-refractivity contribution in [1.29, 1.82) is 0 Å². The van der Waals surface area contributed by atoms with Gasteiger partial charge in [-0.3, -0.25) is 4.90 Å². The second-order valence-corrected chi connectivity index (χ2v) is 5.63. The average molecular weight is 211 g/mol. The van der Waals surface area contributed by atoms with Gasteiger partial charge in [-0.05, 0) is 31.1 Å². The van der Waals surface area contributed by atoms with Gasteiger partial charge in [0.2, 0.25) is 0 Å². The smallest absolute Gasteiger partial charge is 0.00952 e. The third kappa shape index (κ3) is 4.14. The molecule has 2 atom stereocenters. The molecule has 0 saturated carbocycles. The molecule has 1 aliphatic rings. The molecule has 0 spiro atoms. The fourth-order valence-corrected chi connectivity index (χ4v) is 3.19. The number of likely N-dealkylation sites (tertiary alicyclic amines) is 1. The van der Waals surface area contributed by atoms with E-state index in [1.54, 1.807) is 0 Å². The molecule has 90 valence electrons. The van der Waals surface area contributed by atoms with Crippen LogP contribution in [0.15, 0.2) is 0 Å². The number of rotatable bonds is 5. The fourth-order valence-electron chi connectivity index (χ4n) is 3.19. The molecule has 1 heteroatoms. The van der Waals surface area contributed by atoms with E-state index in [2.05, 4.69) is 32.6 Å². The number of nitrogens with zero attached hydrogens (tertiary/aromatic N) is 1. The Kier molecular flexibility index (Phi) is 5.66. The summed E-state index contributed by atoms with van der Waals surface area (Å²) in [6, 6.07) is 0.866. The van der Waals surface area contributed by atoms with Crippen molar-refractivity contribution in [3.63, 3.8) is 0 Å². The van der Waals surface area contributed by atoms with Crippen LogP contribution in [0.5, 0.6) is 0 Å². The van der Waals surface area contributed by atoms with Crippen LogP contribution in [0.1, 0.15) is 59.8 Å². The molecule has 1 fully saturated rings. The highest BCUT2D eigenvalue weighted by molar-refractivity contribution is 4.80. The van der Waals surface area contributed by atoms with Gasteiger partial charge >= 0.3 is 0 Å². The van der Waals surface area contributed by atoms with Crippen LogP contribution in [0.3, 0.4) is 0 Å². The topological polar surface area (TPSA) is 3.24 Å². The van der Waals surface area contributed by atoms with E-state index in [1.807, 2.05) is 0 Å². The molecule has 1 rings (SSSR count). The van der Waals surface area contributed by atoms with Gasteiger partial charge in [0, 0.05) is 19.1 Å². The average Bonchev–Trinajstić information content (AvgIpc) is 2.16. The van der Waals surface area contributed by atoms with E-state index < -0.39 is 0 Å². The van der Waals surface area contributed by atoms with E-state index in [0.717, 1.165) is 17.9 Å². The lowest BCUT2D eigenvalue weighted by Crippen LogP contribution is -2.45. The van der Waals surface area contributed by atoms with E-state index in [4.69, 9.17) is 0 Å². The third-order valence-corrected chi connectivity index (χ3v) is 3.66. The zero-order valence-electron chi connectivity index (χ0n) is 11.1. The van der Waals surface area contributed by atoms with Crippen LogP contribution in [0, 0.1) is 11.8 Å². The molecule has 0 aliphatic carbocycles. The Labute approximate surface area is 96.2 Å². The van der Waals surface area contributed by atoms with Gasteiger partial charge in [0.05, 0.1) is 0 Å². The molecule has 0 N–H and O–H groups in total. The minimum absolute atomic E-state index is 0.866. The lowest BCUT2D eigenvalue weighted by atomic mass is 9.89. The standard InChI is InChI=1S/C14H29N/c1-5-7-14(8-6-2)15-10-12(3)9-13(4)11-15/h12-14H,5-11H2,1-4H3. The molecular weight excluding hydrogens is 182 g/mol. The Hall–Kier alpha value is -0.0400. The first kappa shape index (κ1) is 13.0. The zero-order valence-corrected chi connectivity index (χ0v) is 11.1. The first-order valence-electron chi connectivity index (χ1n) is 6.91. The Morgan fingerprint density at radius 2 is 1.47 bits per heavy atom. The summed E-state index contributed by atoms with van der Waals surface area (Å²) in [7, 11) is 0.